The lowest BCUT2D eigenvalue weighted by Gasteiger charge is -2.25. The maximum Gasteiger partial charge on any atom is 0.307 e. The van der Waals surface area contributed by atoms with E-state index < -0.39 is 5.97 Å². The molecular formula is C29H36N6O4. The van der Waals surface area contributed by atoms with Gasteiger partial charge in [0.25, 0.3) is 0 Å². The first-order chi connectivity index (χ1) is 18.8. The van der Waals surface area contributed by atoms with Gasteiger partial charge in [0.2, 0.25) is 5.91 Å². The molecule has 3 N–H and O–H groups in total. The quantitative estimate of drug-likeness (QED) is 0.269. The minimum Gasteiger partial charge on any atom is -0.481 e. The Bertz CT molecular complexity index is 1470. The van der Waals surface area contributed by atoms with E-state index in [1.807, 2.05) is 73.3 Å². The summed E-state index contributed by atoms with van der Waals surface area (Å²) in [4.78, 5) is 37.4. The number of amides is 1. The number of nitrogens with two attached hydrogens (primary N) is 1. The van der Waals surface area contributed by atoms with Gasteiger partial charge in [-0.3, -0.25) is 9.59 Å². The fourth-order valence-corrected chi connectivity index (χ4v) is 4.76. The van der Waals surface area contributed by atoms with Crippen LogP contribution in [0, 0.1) is 0 Å². The number of ether oxygens (including phenoxy) is 1. The van der Waals surface area contributed by atoms with Crippen LogP contribution in [0.15, 0.2) is 48.5 Å². The predicted octanol–water partition coefficient (Wildman–Crippen LogP) is 3.31. The highest BCUT2D eigenvalue weighted by Crippen LogP contribution is 2.29. The second-order valence-corrected chi connectivity index (χ2v) is 9.83. The van der Waals surface area contributed by atoms with E-state index in [9.17, 15) is 14.7 Å². The average molecular weight is 533 g/mol. The summed E-state index contributed by atoms with van der Waals surface area (Å²) >= 11 is 0. The van der Waals surface area contributed by atoms with Crippen LogP contribution in [-0.4, -0.2) is 75.1 Å². The van der Waals surface area contributed by atoms with E-state index in [1.54, 1.807) is 6.07 Å². The monoisotopic (exact) mass is 532 g/mol. The molecule has 0 aliphatic heterocycles. The zero-order valence-electron chi connectivity index (χ0n) is 22.8. The predicted molar refractivity (Wildman–Crippen MR) is 151 cm³/mol. The highest BCUT2D eigenvalue weighted by Gasteiger charge is 2.19. The lowest BCUT2D eigenvalue weighted by Crippen LogP contribution is -2.38. The molecule has 0 aliphatic carbocycles. The topological polar surface area (TPSA) is 127 Å². The molecular weight excluding hydrogens is 496 g/mol. The van der Waals surface area contributed by atoms with Crippen LogP contribution in [0.4, 0.5) is 5.82 Å². The third-order valence-corrected chi connectivity index (χ3v) is 6.46. The molecule has 0 saturated carbocycles. The van der Waals surface area contributed by atoms with Crippen molar-refractivity contribution in [3.05, 3.63) is 65.5 Å². The highest BCUT2D eigenvalue weighted by molar-refractivity contribution is 6.06. The van der Waals surface area contributed by atoms with Gasteiger partial charge in [-0.25, -0.2) is 9.97 Å². The molecule has 10 heteroatoms. The fourth-order valence-electron chi connectivity index (χ4n) is 4.76. The fraction of sp³-hybridized carbons (Fsp3) is 0.379. The van der Waals surface area contributed by atoms with Crippen LogP contribution in [0.2, 0.25) is 0 Å². The molecule has 0 fully saturated rings. The number of likely N-dealkylation sites (N-methyl/N-ethyl adjacent to an activating group) is 1. The Morgan fingerprint density at radius 1 is 1.08 bits per heavy atom. The lowest BCUT2D eigenvalue weighted by atomic mass is 10.1. The van der Waals surface area contributed by atoms with Crippen LogP contribution in [0.25, 0.3) is 21.9 Å². The Hall–Kier alpha value is -4.02. The number of hydrogen-bond acceptors (Lipinski definition) is 7. The SMILES string of the molecule is CCOCc1nc2c(N)nc3ccccc3c2n1CCCN(Cc1cccc(CC(=O)O)c1)C(=O)CN(C)C. The van der Waals surface area contributed by atoms with Gasteiger partial charge in [-0.05, 0) is 44.6 Å². The van der Waals surface area contributed by atoms with Crippen molar-refractivity contribution in [2.45, 2.75) is 39.5 Å². The Labute approximate surface area is 228 Å². The number of hydrogen-bond donors (Lipinski definition) is 2. The summed E-state index contributed by atoms with van der Waals surface area (Å²) in [5.41, 5.74) is 10.3. The summed E-state index contributed by atoms with van der Waals surface area (Å²) in [5.74, 6) is 0.271. The number of nitrogens with zero attached hydrogens (tertiary/aromatic N) is 5. The molecule has 10 nitrogen and oxygen atoms in total. The third-order valence-electron chi connectivity index (χ3n) is 6.46. The van der Waals surface area contributed by atoms with Gasteiger partial charge in [0.15, 0.2) is 5.82 Å². The van der Waals surface area contributed by atoms with Gasteiger partial charge in [0, 0.05) is 31.6 Å². The molecule has 4 rings (SSSR count). The number of carboxylic acid groups (broad SMARTS) is 1. The molecule has 206 valence electrons. The van der Waals surface area contributed by atoms with Crippen LogP contribution in [0.5, 0.6) is 0 Å². The number of carbonyl (C=O) groups excluding carboxylic acids is 1. The number of aliphatic carboxylic acids is 1. The van der Waals surface area contributed by atoms with Crippen LogP contribution in [0.3, 0.4) is 0 Å². The summed E-state index contributed by atoms with van der Waals surface area (Å²) in [6.45, 7) is 4.66. The minimum atomic E-state index is -0.883. The molecule has 2 aromatic carbocycles. The van der Waals surface area contributed by atoms with Crippen molar-refractivity contribution in [1.29, 1.82) is 0 Å². The van der Waals surface area contributed by atoms with Crippen LogP contribution in [0.1, 0.15) is 30.3 Å². The molecule has 4 aromatic rings. The number of pyridine rings is 1. The van der Waals surface area contributed by atoms with E-state index >= 15 is 0 Å². The van der Waals surface area contributed by atoms with Crippen LogP contribution < -0.4 is 5.73 Å². The molecule has 0 radical (unpaired) electrons. The Kier molecular flexibility index (Phi) is 9.11. The van der Waals surface area contributed by atoms with Gasteiger partial charge < -0.3 is 29.9 Å². The first-order valence-corrected chi connectivity index (χ1v) is 13.1. The molecule has 0 aliphatic rings. The van der Waals surface area contributed by atoms with Crippen molar-refractivity contribution >= 4 is 39.6 Å². The molecule has 0 saturated heterocycles. The van der Waals surface area contributed by atoms with E-state index in [-0.39, 0.29) is 18.9 Å². The van der Waals surface area contributed by atoms with Gasteiger partial charge in [-0.2, -0.15) is 0 Å². The zero-order chi connectivity index (χ0) is 27.9. The summed E-state index contributed by atoms with van der Waals surface area (Å²) in [7, 11) is 3.73. The normalized spacial score (nSPS) is 11.5. The van der Waals surface area contributed by atoms with Crippen molar-refractivity contribution in [1.82, 2.24) is 24.3 Å². The number of fused-ring (bicyclic) bond motifs is 3. The van der Waals surface area contributed by atoms with Gasteiger partial charge >= 0.3 is 5.97 Å². The van der Waals surface area contributed by atoms with Crippen molar-refractivity contribution in [2.24, 2.45) is 0 Å². The van der Waals surface area contributed by atoms with E-state index in [0.717, 1.165) is 27.8 Å². The Balaban J connectivity index is 1.61. The van der Waals surface area contributed by atoms with Gasteiger partial charge in [-0.15, -0.1) is 0 Å². The van der Waals surface area contributed by atoms with Gasteiger partial charge in [0.1, 0.15) is 17.9 Å². The standard InChI is InChI=1S/C29H36N6O4/c1-4-39-19-24-32-27-28(22-11-5-6-12-23(22)31-29(27)30)35(24)14-8-13-34(25(36)18-33(2)3)17-21-10-7-9-20(15-21)16-26(37)38/h5-7,9-12,15H,4,8,13-14,16-19H2,1-3H3,(H2,30,31)(H,37,38). The molecule has 0 bridgehead atoms. The average Bonchev–Trinajstić information content (AvgIpc) is 3.25. The smallest absolute Gasteiger partial charge is 0.307 e. The van der Waals surface area contributed by atoms with E-state index in [0.29, 0.717) is 56.2 Å². The molecule has 1 amide bonds. The van der Waals surface area contributed by atoms with E-state index in [4.69, 9.17) is 15.5 Å². The number of rotatable bonds is 13. The number of aryl methyl sites for hydroxylation is 1. The number of anilines is 1. The first-order valence-electron chi connectivity index (χ1n) is 13.1. The largest absolute Gasteiger partial charge is 0.481 e. The molecule has 0 atom stereocenters. The Morgan fingerprint density at radius 2 is 1.85 bits per heavy atom. The van der Waals surface area contributed by atoms with Crippen molar-refractivity contribution in [3.8, 4) is 0 Å². The third kappa shape index (κ3) is 6.90. The highest BCUT2D eigenvalue weighted by atomic mass is 16.5. The second kappa shape index (κ2) is 12.7. The van der Waals surface area contributed by atoms with Gasteiger partial charge in [-0.1, -0.05) is 42.5 Å². The van der Waals surface area contributed by atoms with E-state index in [2.05, 4.69) is 9.55 Å². The summed E-state index contributed by atoms with van der Waals surface area (Å²) in [5, 5.41) is 10.1. The van der Waals surface area contributed by atoms with Gasteiger partial charge in [0.05, 0.1) is 24.0 Å². The molecule has 0 spiro atoms. The number of carbonyl (C=O) groups is 2. The van der Waals surface area contributed by atoms with E-state index in [1.165, 1.54) is 0 Å². The number of benzene rings is 2. The molecule has 2 aromatic heterocycles. The number of para-hydroxylation sites is 1. The van der Waals surface area contributed by atoms with Crippen molar-refractivity contribution < 1.29 is 19.4 Å². The maximum atomic E-state index is 13.2. The summed E-state index contributed by atoms with van der Waals surface area (Å²) in [6.07, 6.45) is 0.622. The summed E-state index contributed by atoms with van der Waals surface area (Å²) < 4.78 is 7.84. The summed E-state index contributed by atoms with van der Waals surface area (Å²) in [6, 6.07) is 15.3. The van der Waals surface area contributed by atoms with Crippen LogP contribution in [-0.2, 0) is 40.4 Å². The number of carboxylic acids is 1. The lowest BCUT2D eigenvalue weighted by molar-refractivity contribution is -0.136. The van der Waals surface area contributed by atoms with Crippen LogP contribution >= 0.6 is 0 Å². The van der Waals surface area contributed by atoms with Crippen molar-refractivity contribution in [3.63, 3.8) is 0 Å². The number of imidazole rings is 1. The molecule has 2 heterocycles. The second-order valence-electron chi connectivity index (χ2n) is 9.83. The minimum absolute atomic E-state index is 0.00700. The Morgan fingerprint density at radius 3 is 2.59 bits per heavy atom. The number of nitrogen functional groups attached to an aromatic ring is 1. The molecule has 39 heavy (non-hydrogen) atoms. The first kappa shape index (κ1) is 28.0. The maximum absolute atomic E-state index is 13.2. The zero-order valence-corrected chi connectivity index (χ0v) is 22.8. The van der Waals surface area contributed by atoms with Crippen molar-refractivity contribution in [2.75, 3.05) is 39.5 Å². The number of aromatic nitrogens is 3. The molecule has 0 unspecified atom stereocenters.